The van der Waals surface area contributed by atoms with Gasteiger partial charge in [-0.3, -0.25) is 0 Å². The molecule has 1 unspecified atom stereocenters. The van der Waals surface area contributed by atoms with Gasteiger partial charge in [0.1, 0.15) is 24.2 Å². The van der Waals surface area contributed by atoms with E-state index in [-0.39, 0.29) is 12.1 Å². The topological polar surface area (TPSA) is 60.0 Å². The summed E-state index contributed by atoms with van der Waals surface area (Å²) in [5.41, 5.74) is 0. The second-order valence-corrected chi connectivity index (χ2v) is 4.76. The number of amides is 2. The summed E-state index contributed by atoms with van der Waals surface area (Å²) < 4.78 is 16.5. The SMILES string of the molecule is CCNC(=O)N1CCOC(COc2cccc(OC)c2)C1. The molecule has 0 spiro atoms. The number of carbonyl (C=O) groups excluding carboxylic acids is 1. The molecule has 2 amide bonds. The molecule has 1 heterocycles. The lowest BCUT2D eigenvalue weighted by molar-refractivity contribution is -0.0351. The zero-order chi connectivity index (χ0) is 15.1. The summed E-state index contributed by atoms with van der Waals surface area (Å²) in [4.78, 5) is 13.6. The standard InChI is InChI=1S/C15H22N2O4/c1-3-16-15(18)17-7-8-20-14(10-17)11-21-13-6-4-5-12(9-13)19-2/h4-6,9,14H,3,7-8,10-11H2,1-2H3,(H,16,18). The third kappa shape index (κ3) is 4.53. The fraction of sp³-hybridized carbons (Fsp3) is 0.533. The monoisotopic (exact) mass is 294 g/mol. The predicted molar refractivity (Wildman–Crippen MR) is 78.9 cm³/mol. The molecule has 1 saturated heterocycles. The molecule has 0 aromatic heterocycles. The molecule has 1 aromatic rings. The van der Waals surface area contributed by atoms with E-state index in [1.54, 1.807) is 12.0 Å². The van der Waals surface area contributed by atoms with E-state index in [0.29, 0.717) is 32.8 Å². The Morgan fingerprint density at radius 1 is 1.48 bits per heavy atom. The van der Waals surface area contributed by atoms with E-state index in [1.807, 2.05) is 31.2 Å². The van der Waals surface area contributed by atoms with E-state index < -0.39 is 0 Å². The Kier molecular flexibility index (Phi) is 5.68. The smallest absolute Gasteiger partial charge is 0.317 e. The number of benzene rings is 1. The number of methoxy groups -OCH3 is 1. The zero-order valence-electron chi connectivity index (χ0n) is 12.5. The van der Waals surface area contributed by atoms with Crippen molar-refractivity contribution in [2.45, 2.75) is 13.0 Å². The number of nitrogens with one attached hydrogen (secondary N) is 1. The third-order valence-corrected chi connectivity index (χ3v) is 3.23. The molecule has 6 heteroatoms. The van der Waals surface area contributed by atoms with Crippen LogP contribution in [-0.2, 0) is 4.74 Å². The van der Waals surface area contributed by atoms with Crippen LogP contribution < -0.4 is 14.8 Å². The highest BCUT2D eigenvalue weighted by Crippen LogP contribution is 2.19. The number of ether oxygens (including phenoxy) is 3. The summed E-state index contributed by atoms with van der Waals surface area (Å²) in [5, 5.41) is 2.80. The van der Waals surface area contributed by atoms with Crippen molar-refractivity contribution in [3.05, 3.63) is 24.3 Å². The Balaban J connectivity index is 1.83. The van der Waals surface area contributed by atoms with Gasteiger partial charge in [-0.05, 0) is 19.1 Å². The van der Waals surface area contributed by atoms with Crippen LogP contribution in [0.2, 0.25) is 0 Å². The van der Waals surface area contributed by atoms with Gasteiger partial charge in [0.15, 0.2) is 0 Å². The van der Waals surface area contributed by atoms with Crippen molar-refractivity contribution >= 4 is 6.03 Å². The molecular formula is C15H22N2O4. The van der Waals surface area contributed by atoms with Crippen LogP contribution in [0.5, 0.6) is 11.5 Å². The first-order chi connectivity index (χ1) is 10.2. The number of nitrogens with zero attached hydrogens (tertiary/aromatic N) is 1. The molecule has 0 bridgehead atoms. The Hall–Kier alpha value is -1.95. The highest BCUT2D eigenvalue weighted by atomic mass is 16.5. The van der Waals surface area contributed by atoms with Gasteiger partial charge in [-0.25, -0.2) is 4.79 Å². The maximum Gasteiger partial charge on any atom is 0.317 e. The van der Waals surface area contributed by atoms with Gasteiger partial charge in [0.25, 0.3) is 0 Å². The van der Waals surface area contributed by atoms with Crippen LogP contribution in [0, 0.1) is 0 Å². The van der Waals surface area contributed by atoms with Gasteiger partial charge in [-0.15, -0.1) is 0 Å². The van der Waals surface area contributed by atoms with E-state index in [1.165, 1.54) is 0 Å². The van der Waals surface area contributed by atoms with Crippen molar-refractivity contribution in [3.63, 3.8) is 0 Å². The van der Waals surface area contributed by atoms with Crippen molar-refractivity contribution in [2.24, 2.45) is 0 Å². The van der Waals surface area contributed by atoms with Gasteiger partial charge >= 0.3 is 6.03 Å². The Labute approximate surface area is 125 Å². The molecule has 0 saturated carbocycles. The van der Waals surface area contributed by atoms with Crippen LogP contribution >= 0.6 is 0 Å². The lowest BCUT2D eigenvalue weighted by atomic mass is 10.3. The Morgan fingerprint density at radius 2 is 2.29 bits per heavy atom. The molecule has 1 fully saturated rings. The molecule has 21 heavy (non-hydrogen) atoms. The number of hydrogen-bond donors (Lipinski definition) is 1. The van der Waals surface area contributed by atoms with Crippen LogP contribution in [0.4, 0.5) is 4.79 Å². The van der Waals surface area contributed by atoms with Gasteiger partial charge in [0.2, 0.25) is 0 Å². The molecule has 1 N–H and O–H groups in total. The highest BCUT2D eigenvalue weighted by molar-refractivity contribution is 5.74. The minimum atomic E-state index is -0.118. The highest BCUT2D eigenvalue weighted by Gasteiger charge is 2.24. The van der Waals surface area contributed by atoms with Crippen LogP contribution in [0.25, 0.3) is 0 Å². The third-order valence-electron chi connectivity index (χ3n) is 3.23. The summed E-state index contributed by atoms with van der Waals surface area (Å²) in [5.74, 6) is 1.48. The van der Waals surface area contributed by atoms with Crippen molar-refractivity contribution < 1.29 is 19.0 Å². The van der Waals surface area contributed by atoms with Gasteiger partial charge in [0.05, 0.1) is 20.3 Å². The molecule has 6 nitrogen and oxygen atoms in total. The average Bonchev–Trinajstić information content (AvgIpc) is 2.53. The maximum absolute atomic E-state index is 11.8. The Morgan fingerprint density at radius 3 is 3.05 bits per heavy atom. The summed E-state index contributed by atoms with van der Waals surface area (Å²) in [6, 6.07) is 7.38. The van der Waals surface area contributed by atoms with E-state index in [9.17, 15) is 4.79 Å². The predicted octanol–water partition coefficient (Wildman–Crippen LogP) is 1.50. The zero-order valence-corrected chi connectivity index (χ0v) is 12.5. The van der Waals surface area contributed by atoms with Crippen molar-refractivity contribution in [2.75, 3.05) is 40.0 Å². The molecule has 116 valence electrons. The molecule has 1 atom stereocenters. The van der Waals surface area contributed by atoms with E-state index in [0.717, 1.165) is 11.5 Å². The number of rotatable bonds is 5. The van der Waals surface area contributed by atoms with E-state index >= 15 is 0 Å². The summed E-state index contributed by atoms with van der Waals surface area (Å²) >= 11 is 0. The summed E-state index contributed by atoms with van der Waals surface area (Å²) in [6.45, 7) is 4.62. The number of urea groups is 1. The molecular weight excluding hydrogens is 272 g/mol. The maximum atomic E-state index is 11.8. The van der Waals surface area contributed by atoms with Gasteiger partial charge < -0.3 is 24.4 Å². The minimum Gasteiger partial charge on any atom is -0.497 e. The van der Waals surface area contributed by atoms with E-state index in [4.69, 9.17) is 14.2 Å². The lowest BCUT2D eigenvalue weighted by Gasteiger charge is -2.32. The van der Waals surface area contributed by atoms with Gasteiger partial charge in [-0.2, -0.15) is 0 Å². The summed E-state index contributed by atoms with van der Waals surface area (Å²) in [7, 11) is 1.62. The van der Waals surface area contributed by atoms with Gasteiger partial charge in [0, 0.05) is 19.2 Å². The molecule has 0 aliphatic carbocycles. The minimum absolute atomic E-state index is 0.0489. The van der Waals surface area contributed by atoms with Crippen LogP contribution in [0.3, 0.4) is 0 Å². The quantitative estimate of drug-likeness (QED) is 0.894. The largest absolute Gasteiger partial charge is 0.497 e. The molecule has 0 radical (unpaired) electrons. The summed E-state index contributed by atoms with van der Waals surface area (Å²) in [6.07, 6.45) is -0.118. The van der Waals surface area contributed by atoms with Crippen molar-refractivity contribution in [3.8, 4) is 11.5 Å². The number of hydrogen-bond acceptors (Lipinski definition) is 4. The first-order valence-electron chi connectivity index (χ1n) is 7.14. The fourth-order valence-corrected chi connectivity index (χ4v) is 2.15. The molecule has 2 rings (SSSR count). The van der Waals surface area contributed by atoms with Crippen LogP contribution in [0.15, 0.2) is 24.3 Å². The fourth-order valence-electron chi connectivity index (χ4n) is 2.15. The average molecular weight is 294 g/mol. The first kappa shape index (κ1) is 15.4. The molecule has 1 aromatic carbocycles. The van der Waals surface area contributed by atoms with Crippen LogP contribution in [-0.4, -0.2) is 57.0 Å². The lowest BCUT2D eigenvalue weighted by Crippen LogP contribution is -2.51. The van der Waals surface area contributed by atoms with Crippen molar-refractivity contribution in [1.82, 2.24) is 10.2 Å². The van der Waals surface area contributed by atoms with Gasteiger partial charge in [-0.1, -0.05) is 6.07 Å². The number of morpholine rings is 1. The second kappa shape index (κ2) is 7.73. The van der Waals surface area contributed by atoms with Crippen molar-refractivity contribution in [1.29, 1.82) is 0 Å². The second-order valence-electron chi connectivity index (χ2n) is 4.76. The van der Waals surface area contributed by atoms with Crippen LogP contribution in [0.1, 0.15) is 6.92 Å². The number of carbonyl (C=O) groups is 1. The first-order valence-corrected chi connectivity index (χ1v) is 7.14. The molecule has 1 aliphatic heterocycles. The normalized spacial score (nSPS) is 18.2. The Bertz CT molecular complexity index is 467. The van der Waals surface area contributed by atoms with E-state index in [2.05, 4.69) is 5.32 Å². The molecule has 1 aliphatic rings.